The first-order valence-corrected chi connectivity index (χ1v) is 15.0. The molecule has 0 saturated carbocycles. The molecule has 0 aromatic heterocycles. The van der Waals surface area contributed by atoms with Crippen LogP contribution in [0.1, 0.15) is 43.9 Å². The predicted molar refractivity (Wildman–Crippen MR) is 158 cm³/mol. The van der Waals surface area contributed by atoms with Crippen LogP contribution in [-0.4, -0.2) is 50.9 Å². The standard InChI is InChI=1S/C31H39N3O5S/c1-6-29(31(36)32-7-2)33(21-25-12-10-9-11-24(25)5)30(35)22-34(26-15-13-23(4)14-16-26)40(37,38)28-19-17-27(18-20-28)39-8-3/h9-20,29H,6-8,21-22H2,1-5H3,(H,32,36)/t29-/m0/s1. The highest BCUT2D eigenvalue weighted by molar-refractivity contribution is 7.92. The van der Waals surface area contributed by atoms with E-state index >= 15 is 0 Å². The van der Waals surface area contributed by atoms with E-state index in [1.165, 1.54) is 17.0 Å². The van der Waals surface area contributed by atoms with Crippen LogP contribution in [-0.2, 0) is 26.2 Å². The second-order valence-corrected chi connectivity index (χ2v) is 11.4. The molecular weight excluding hydrogens is 526 g/mol. The zero-order valence-electron chi connectivity index (χ0n) is 23.9. The van der Waals surface area contributed by atoms with Gasteiger partial charge in [-0.3, -0.25) is 13.9 Å². The van der Waals surface area contributed by atoms with Crippen molar-refractivity contribution >= 4 is 27.5 Å². The predicted octanol–water partition coefficient (Wildman–Crippen LogP) is 4.84. The lowest BCUT2D eigenvalue weighted by atomic mass is 10.1. The zero-order chi connectivity index (χ0) is 29.3. The molecule has 0 bridgehead atoms. The Balaban J connectivity index is 2.05. The second kappa shape index (κ2) is 14.0. The molecule has 0 aliphatic carbocycles. The Morgan fingerprint density at radius 1 is 0.900 bits per heavy atom. The van der Waals surface area contributed by atoms with Gasteiger partial charge in [0, 0.05) is 13.1 Å². The lowest BCUT2D eigenvalue weighted by Crippen LogP contribution is -2.52. The molecule has 214 valence electrons. The van der Waals surface area contributed by atoms with Crippen LogP contribution in [0.25, 0.3) is 0 Å². The molecule has 8 nitrogen and oxygen atoms in total. The van der Waals surface area contributed by atoms with Crippen LogP contribution >= 0.6 is 0 Å². The summed E-state index contributed by atoms with van der Waals surface area (Å²) in [6, 6.07) is 20.0. The van der Waals surface area contributed by atoms with Gasteiger partial charge in [0.2, 0.25) is 11.8 Å². The van der Waals surface area contributed by atoms with Crippen molar-refractivity contribution in [1.29, 1.82) is 0 Å². The van der Waals surface area contributed by atoms with Crippen LogP contribution in [0.5, 0.6) is 5.75 Å². The average molecular weight is 566 g/mol. The Morgan fingerprint density at radius 2 is 1.55 bits per heavy atom. The van der Waals surface area contributed by atoms with Gasteiger partial charge in [-0.25, -0.2) is 8.42 Å². The van der Waals surface area contributed by atoms with Crippen molar-refractivity contribution in [2.45, 2.75) is 58.5 Å². The summed E-state index contributed by atoms with van der Waals surface area (Å²) < 4.78 is 34.5. The number of carbonyl (C=O) groups is 2. The SMILES string of the molecule is CCNC(=O)[C@H](CC)N(Cc1ccccc1C)C(=O)CN(c1ccc(C)cc1)S(=O)(=O)c1ccc(OCC)cc1. The van der Waals surface area contributed by atoms with E-state index in [0.29, 0.717) is 31.0 Å². The first kappa shape index (κ1) is 30.7. The third-order valence-electron chi connectivity index (χ3n) is 6.66. The van der Waals surface area contributed by atoms with Crippen molar-refractivity contribution in [3.8, 4) is 5.75 Å². The number of hydrogen-bond acceptors (Lipinski definition) is 5. The maximum Gasteiger partial charge on any atom is 0.264 e. The minimum Gasteiger partial charge on any atom is -0.494 e. The molecule has 9 heteroatoms. The summed E-state index contributed by atoms with van der Waals surface area (Å²) >= 11 is 0. The molecular formula is C31H39N3O5S. The summed E-state index contributed by atoms with van der Waals surface area (Å²) in [4.78, 5) is 28.6. The number of hydrogen-bond donors (Lipinski definition) is 1. The molecule has 3 aromatic rings. The number of rotatable bonds is 13. The zero-order valence-corrected chi connectivity index (χ0v) is 24.7. The maximum atomic E-state index is 14.1. The van der Waals surface area contributed by atoms with Crippen molar-refractivity contribution in [2.75, 3.05) is 24.0 Å². The fourth-order valence-electron chi connectivity index (χ4n) is 4.42. The quantitative estimate of drug-likeness (QED) is 0.320. The van der Waals surface area contributed by atoms with E-state index in [4.69, 9.17) is 4.74 Å². The van der Waals surface area contributed by atoms with Gasteiger partial charge in [0.1, 0.15) is 18.3 Å². The number of amides is 2. The van der Waals surface area contributed by atoms with Gasteiger partial charge >= 0.3 is 0 Å². The molecule has 0 aliphatic heterocycles. The van der Waals surface area contributed by atoms with Crippen molar-refractivity contribution < 1.29 is 22.7 Å². The van der Waals surface area contributed by atoms with Crippen molar-refractivity contribution in [1.82, 2.24) is 10.2 Å². The van der Waals surface area contributed by atoms with Gasteiger partial charge in [0.15, 0.2) is 0 Å². The Bertz CT molecular complexity index is 1390. The largest absolute Gasteiger partial charge is 0.494 e. The minimum absolute atomic E-state index is 0.0329. The molecule has 2 amide bonds. The number of anilines is 1. The molecule has 1 N–H and O–H groups in total. The highest BCUT2D eigenvalue weighted by Crippen LogP contribution is 2.27. The minimum atomic E-state index is -4.14. The third kappa shape index (κ3) is 7.41. The maximum absolute atomic E-state index is 14.1. The van der Waals surface area contributed by atoms with Gasteiger partial charge < -0.3 is 15.0 Å². The Hall–Kier alpha value is -3.85. The second-order valence-electron chi connectivity index (χ2n) is 9.52. The summed E-state index contributed by atoms with van der Waals surface area (Å²) in [6.45, 7) is 9.94. The number of sulfonamides is 1. The number of benzene rings is 3. The van der Waals surface area contributed by atoms with Crippen LogP contribution in [0.4, 0.5) is 5.69 Å². The van der Waals surface area contributed by atoms with Crippen LogP contribution in [0, 0.1) is 13.8 Å². The van der Waals surface area contributed by atoms with E-state index in [-0.39, 0.29) is 17.3 Å². The molecule has 0 heterocycles. The molecule has 3 aromatic carbocycles. The number of aryl methyl sites for hydroxylation is 2. The van der Waals surface area contributed by atoms with Gasteiger partial charge in [-0.1, -0.05) is 48.9 Å². The Labute approximate surface area is 238 Å². The Kier molecular flexibility index (Phi) is 10.7. The normalized spacial score (nSPS) is 11.9. The first-order valence-electron chi connectivity index (χ1n) is 13.6. The molecule has 0 aliphatic rings. The van der Waals surface area contributed by atoms with Gasteiger partial charge in [-0.05, 0) is 81.6 Å². The number of nitrogens with zero attached hydrogens (tertiary/aromatic N) is 2. The molecule has 1 atom stereocenters. The summed E-state index contributed by atoms with van der Waals surface area (Å²) in [7, 11) is -4.14. The smallest absolute Gasteiger partial charge is 0.264 e. The van der Waals surface area contributed by atoms with E-state index in [0.717, 1.165) is 21.0 Å². The van der Waals surface area contributed by atoms with Crippen molar-refractivity contribution in [3.63, 3.8) is 0 Å². The van der Waals surface area contributed by atoms with Crippen LogP contribution < -0.4 is 14.4 Å². The lowest BCUT2D eigenvalue weighted by molar-refractivity contribution is -0.140. The van der Waals surface area contributed by atoms with E-state index < -0.39 is 28.5 Å². The molecule has 0 radical (unpaired) electrons. The third-order valence-corrected chi connectivity index (χ3v) is 8.45. The first-order chi connectivity index (χ1) is 19.1. The highest BCUT2D eigenvalue weighted by atomic mass is 32.2. The molecule has 0 spiro atoms. The van der Waals surface area contributed by atoms with E-state index in [1.807, 2.05) is 58.9 Å². The van der Waals surface area contributed by atoms with Gasteiger partial charge in [-0.2, -0.15) is 0 Å². The van der Waals surface area contributed by atoms with Crippen LogP contribution in [0.15, 0.2) is 77.7 Å². The fourth-order valence-corrected chi connectivity index (χ4v) is 5.84. The van der Waals surface area contributed by atoms with E-state index in [2.05, 4.69) is 5.32 Å². The van der Waals surface area contributed by atoms with E-state index in [1.54, 1.807) is 36.4 Å². The summed E-state index contributed by atoms with van der Waals surface area (Å²) in [5, 5.41) is 2.82. The summed E-state index contributed by atoms with van der Waals surface area (Å²) in [6.07, 6.45) is 0.375. The average Bonchev–Trinajstić information content (AvgIpc) is 2.93. The summed E-state index contributed by atoms with van der Waals surface area (Å²) in [5.74, 6) is -0.198. The number of carbonyl (C=O) groups excluding carboxylic acids is 2. The number of ether oxygens (including phenoxy) is 1. The fraction of sp³-hybridized carbons (Fsp3) is 0.355. The van der Waals surface area contributed by atoms with E-state index in [9.17, 15) is 18.0 Å². The highest BCUT2D eigenvalue weighted by Gasteiger charge is 2.33. The number of nitrogens with one attached hydrogen (secondary N) is 1. The number of likely N-dealkylation sites (N-methyl/N-ethyl adjacent to an activating group) is 1. The molecule has 40 heavy (non-hydrogen) atoms. The van der Waals surface area contributed by atoms with Gasteiger partial charge in [-0.15, -0.1) is 0 Å². The topological polar surface area (TPSA) is 96.0 Å². The van der Waals surface area contributed by atoms with Crippen LogP contribution in [0.2, 0.25) is 0 Å². The monoisotopic (exact) mass is 565 g/mol. The molecule has 0 unspecified atom stereocenters. The van der Waals surface area contributed by atoms with Gasteiger partial charge in [0.05, 0.1) is 17.2 Å². The summed E-state index contributed by atoms with van der Waals surface area (Å²) in [5.41, 5.74) is 3.17. The lowest BCUT2D eigenvalue weighted by Gasteiger charge is -2.33. The molecule has 0 fully saturated rings. The van der Waals surface area contributed by atoms with Gasteiger partial charge in [0.25, 0.3) is 10.0 Å². The molecule has 0 saturated heterocycles. The van der Waals surface area contributed by atoms with Crippen LogP contribution in [0.3, 0.4) is 0 Å². The molecule has 3 rings (SSSR count). The van der Waals surface area contributed by atoms with Crippen molar-refractivity contribution in [2.24, 2.45) is 0 Å². The van der Waals surface area contributed by atoms with Crippen molar-refractivity contribution in [3.05, 3.63) is 89.5 Å². The Morgan fingerprint density at radius 3 is 2.12 bits per heavy atom.